The van der Waals surface area contributed by atoms with Crippen LogP contribution in [0.3, 0.4) is 0 Å². The van der Waals surface area contributed by atoms with Crippen molar-refractivity contribution >= 4 is 23.7 Å². The number of nitrogens with one attached hydrogen (secondary N) is 1. The summed E-state index contributed by atoms with van der Waals surface area (Å²) in [6.45, 7) is 1.85. The molecule has 0 radical (unpaired) electrons. The number of rotatable bonds is 5. The van der Waals surface area contributed by atoms with E-state index in [2.05, 4.69) is 15.5 Å². The fourth-order valence-corrected chi connectivity index (χ4v) is 2.48. The maximum absolute atomic E-state index is 11.9. The third kappa shape index (κ3) is 4.10. The zero-order valence-electron chi connectivity index (χ0n) is 14.2. The fourth-order valence-electron chi connectivity index (χ4n) is 2.22. The van der Waals surface area contributed by atoms with Gasteiger partial charge in [0, 0.05) is 17.5 Å². The molecular formula is C19H16ClN3O3. The Morgan fingerprint density at radius 1 is 1.27 bits per heavy atom. The number of hydrazone groups is 1. The number of benzene rings is 1. The number of halogens is 1. The number of methoxy groups -OCH3 is 1. The number of pyridine rings is 1. The molecule has 26 heavy (non-hydrogen) atoms. The first kappa shape index (κ1) is 17.7. The first-order chi connectivity index (χ1) is 12.6. The van der Waals surface area contributed by atoms with Crippen molar-refractivity contribution in [3.05, 3.63) is 70.7 Å². The number of hydrogen-bond donors (Lipinski definition) is 1. The van der Waals surface area contributed by atoms with Crippen LogP contribution in [0.15, 0.2) is 58.2 Å². The second kappa shape index (κ2) is 7.84. The number of amides is 1. The standard InChI is InChI=1S/C19H16ClN3O3/c1-12-3-4-14(10-21-12)19(24)23-22-11-15-6-8-17(26-15)13-5-7-18(25-2)16(20)9-13/h3-11H,1-2H3,(H,23,24). The van der Waals surface area contributed by atoms with Crippen molar-refractivity contribution in [2.24, 2.45) is 5.10 Å². The molecule has 1 N–H and O–H groups in total. The molecule has 0 aliphatic heterocycles. The molecule has 2 aromatic heterocycles. The van der Waals surface area contributed by atoms with E-state index in [1.807, 2.05) is 13.0 Å². The van der Waals surface area contributed by atoms with E-state index < -0.39 is 0 Å². The highest BCUT2D eigenvalue weighted by Crippen LogP contribution is 2.30. The Balaban J connectivity index is 1.66. The van der Waals surface area contributed by atoms with E-state index in [1.54, 1.807) is 43.5 Å². The molecule has 0 saturated heterocycles. The molecule has 0 atom stereocenters. The van der Waals surface area contributed by atoms with E-state index in [0.717, 1.165) is 11.3 Å². The molecule has 6 nitrogen and oxygen atoms in total. The van der Waals surface area contributed by atoms with E-state index in [1.165, 1.54) is 12.4 Å². The molecule has 1 aromatic carbocycles. The molecule has 2 heterocycles. The second-order valence-electron chi connectivity index (χ2n) is 5.44. The predicted molar refractivity (Wildman–Crippen MR) is 99.7 cm³/mol. The summed E-state index contributed by atoms with van der Waals surface area (Å²) in [7, 11) is 1.56. The predicted octanol–water partition coefficient (Wildman–Crippen LogP) is 4.08. The van der Waals surface area contributed by atoms with Gasteiger partial charge in [0.15, 0.2) is 0 Å². The van der Waals surface area contributed by atoms with Gasteiger partial charge in [0.1, 0.15) is 17.3 Å². The summed E-state index contributed by atoms with van der Waals surface area (Å²) < 4.78 is 10.8. The van der Waals surface area contributed by atoms with Crippen LogP contribution in [-0.2, 0) is 0 Å². The van der Waals surface area contributed by atoms with Crippen molar-refractivity contribution in [3.63, 3.8) is 0 Å². The maximum Gasteiger partial charge on any atom is 0.272 e. The van der Waals surface area contributed by atoms with Gasteiger partial charge in [0.25, 0.3) is 5.91 Å². The van der Waals surface area contributed by atoms with E-state index >= 15 is 0 Å². The molecule has 0 bridgehead atoms. The smallest absolute Gasteiger partial charge is 0.272 e. The molecule has 0 spiro atoms. The third-order valence-electron chi connectivity index (χ3n) is 3.59. The molecule has 0 aliphatic rings. The quantitative estimate of drug-likeness (QED) is 0.543. The number of aryl methyl sites for hydroxylation is 1. The number of nitrogens with zero attached hydrogens (tertiary/aromatic N) is 2. The topological polar surface area (TPSA) is 76.7 Å². The van der Waals surface area contributed by atoms with E-state index in [4.69, 9.17) is 20.8 Å². The summed E-state index contributed by atoms with van der Waals surface area (Å²) in [6.07, 6.45) is 2.92. The molecule has 0 unspecified atom stereocenters. The number of carbonyl (C=O) groups is 1. The highest BCUT2D eigenvalue weighted by molar-refractivity contribution is 6.32. The lowest BCUT2D eigenvalue weighted by Gasteiger charge is -2.04. The second-order valence-corrected chi connectivity index (χ2v) is 5.85. The molecular weight excluding hydrogens is 354 g/mol. The Hall–Kier alpha value is -3.12. The Morgan fingerprint density at radius 3 is 2.81 bits per heavy atom. The normalized spacial score (nSPS) is 10.9. The van der Waals surface area contributed by atoms with Gasteiger partial charge < -0.3 is 9.15 Å². The Morgan fingerprint density at radius 2 is 2.12 bits per heavy atom. The van der Waals surface area contributed by atoms with Gasteiger partial charge in [-0.15, -0.1) is 0 Å². The highest BCUT2D eigenvalue weighted by atomic mass is 35.5. The van der Waals surface area contributed by atoms with E-state index in [0.29, 0.717) is 27.9 Å². The van der Waals surface area contributed by atoms with Gasteiger partial charge >= 0.3 is 0 Å². The lowest BCUT2D eigenvalue weighted by molar-refractivity contribution is 0.0954. The van der Waals surface area contributed by atoms with Gasteiger partial charge in [-0.1, -0.05) is 11.6 Å². The van der Waals surface area contributed by atoms with Crippen molar-refractivity contribution in [1.29, 1.82) is 0 Å². The average molecular weight is 370 g/mol. The van der Waals surface area contributed by atoms with Crippen LogP contribution in [0.25, 0.3) is 11.3 Å². The van der Waals surface area contributed by atoms with Gasteiger partial charge in [0.05, 0.1) is 23.9 Å². The summed E-state index contributed by atoms with van der Waals surface area (Å²) in [4.78, 5) is 16.0. The van der Waals surface area contributed by atoms with E-state index in [-0.39, 0.29) is 5.91 Å². The van der Waals surface area contributed by atoms with Crippen LogP contribution < -0.4 is 10.2 Å². The monoisotopic (exact) mass is 369 g/mol. The van der Waals surface area contributed by atoms with Crippen LogP contribution >= 0.6 is 11.6 Å². The number of hydrogen-bond acceptors (Lipinski definition) is 5. The van der Waals surface area contributed by atoms with Crippen LogP contribution in [0.5, 0.6) is 5.75 Å². The van der Waals surface area contributed by atoms with Crippen molar-refractivity contribution < 1.29 is 13.9 Å². The van der Waals surface area contributed by atoms with Crippen molar-refractivity contribution in [1.82, 2.24) is 10.4 Å². The minimum absolute atomic E-state index is 0.345. The first-order valence-corrected chi connectivity index (χ1v) is 8.14. The number of furan rings is 1. The van der Waals surface area contributed by atoms with Crippen molar-refractivity contribution in [3.8, 4) is 17.1 Å². The number of aromatic nitrogens is 1. The summed E-state index contributed by atoms with van der Waals surface area (Å²) >= 11 is 6.13. The summed E-state index contributed by atoms with van der Waals surface area (Å²) in [5.74, 6) is 1.37. The molecule has 3 rings (SSSR count). The maximum atomic E-state index is 11.9. The molecule has 7 heteroatoms. The minimum Gasteiger partial charge on any atom is -0.495 e. The molecule has 0 fully saturated rings. The number of carbonyl (C=O) groups excluding carboxylic acids is 1. The van der Waals surface area contributed by atoms with Gasteiger partial charge in [-0.3, -0.25) is 9.78 Å². The summed E-state index contributed by atoms with van der Waals surface area (Å²) in [6, 6.07) is 12.4. The van der Waals surface area contributed by atoms with Crippen LogP contribution in [0, 0.1) is 6.92 Å². The fraction of sp³-hybridized carbons (Fsp3) is 0.105. The number of ether oxygens (including phenoxy) is 1. The lowest BCUT2D eigenvalue weighted by atomic mass is 10.2. The lowest BCUT2D eigenvalue weighted by Crippen LogP contribution is -2.17. The Kier molecular flexibility index (Phi) is 5.34. The van der Waals surface area contributed by atoms with Crippen molar-refractivity contribution in [2.45, 2.75) is 6.92 Å². The van der Waals surface area contributed by atoms with Crippen LogP contribution in [0.2, 0.25) is 5.02 Å². The Bertz CT molecular complexity index is 949. The van der Waals surface area contributed by atoms with Crippen LogP contribution in [0.4, 0.5) is 0 Å². The summed E-state index contributed by atoms with van der Waals surface area (Å²) in [5.41, 5.74) is 4.51. The van der Waals surface area contributed by atoms with Crippen LogP contribution in [-0.4, -0.2) is 24.2 Å². The molecule has 132 valence electrons. The Labute approximate surface area is 155 Å². The molecule has 0 aliphatic carbocycles. The van der Waals surface area contributed by atoms with Gasteiger partial charge in [-0.05, 0) is 49.4 Å². The zero-order valence-corrected chi connectivity index (χ0v) is 14.9. The van der Waals surface area contributed by atoms with Gasteiger partial charge in [-0.2, -0.15) is 5.10 Å². The molecule has 1 amide bonds. The zero-order chi connectivity index (χ0) is 18.5. The molecule has 0 saturated carbocycles. The first-order valence-electron chi connectivity index (χ1n) is 7.76. The van der Waals surface area contributed by atoms with Crippen LogP contribution in [0.1, 0.15) is 21.8 Å². The largest absolute Gasteiger partial charge is 0.495 e. The summed E-state index contributed by atoms with van der Waals surface area (Å²) in [5, 5.41) is 4.40. The minimum atomic E-state index is -0.345. The average Bonchev–Trinajstić information content (AvgIpc) is 3.11. The third-order valence-corrected chi connectivity index (χ3v) is 3.89. The van der Waals surface area contributed by atoms with Crippen molar-refractivity contribution in [2.75, 3.05) is 7.11 Å². The van der Waals surface area contributed by atoms with Gasteiger partial charge in [0.2, 0.25) is 0 Å². The SMILES string of the molecule is COc1ccc(-c2ccc(C=NNC(=O)c3ccc(C)nc3)o2)cc1Cl. The van der Waals surface area contributed by atoms with E-state index in [9.17, 15) is 4.79 Å². The highest BCUT2D eigenvalue weighted by Gasteiger charge is 2.08. The van der Waals surface area contributed by atoms with Gasteiger partial charge in [-0.25, -0.2) is 5.43 Å². The molecule has 3 aromatic rings.